The summed E-state index contributed by atoms with van der Waals surface area (Å²) in [5.74, 6) is 0. The molecule has 286 valence electrons. The molecule has 0 aliphatic heterocycles. The number of unbranched alkanes of at least 4 members (excludes halogenated alkanes) is 28. The summed E-state index contributed by atoms with van der Waals surface area (Å²) in [6.45, 7) is 7.66. The van der Waals surface area contributed by atoms with Gasteiger partial charge in [-0.2, -0.15) is 9.68 Å². The number of nitrogens with two attached hydrogens (primary N) is 1. The molecule has 0 saturated heterocycles. The Morgan fingerprint density at radius 2 is 0.646 bits per heavy atom. The second-order valence-corrected chi connectivity index (χ2v) is 14.8. The van der Waals surface area contributed by atoms with Crippen LogP contribution in [0.1, 0.15) is 226 Å². The van der Waals surface area contributed by atoms with Gasteiger partial charge in [0.2, 0.25) is 0 Å². The molecular weight excluding hydrogens is 588 g/mol. The van der Waals surface area contributed by atoms with Crippen molar-refractivity contribution in [1.82, 2.24) is 0 Å². The van der Waals surface area contributed by atoms with Crippen LogP contribution in [0.4, 0.5) is 0 Å². The molecule has 48 heavy (non-hydrogen) atoms. The summed E-state index contributed by atoms with van der Waals surface area (Å²) in [5, 5.41) is 0. The highest BCUT2D eigenvalue weighted by molar-refractivity contribution is 4.82. The molecule has 0 rings (SSSR count). The van der Waals surface area contributed by atoms with E-state index in [0.717, 1.165) is 39.0 Å². The van der Waals surface area contributed by atoms with Crippen molar-refractivity contribution < 1.29 is 14.5 Å². The lowest BCUT2D eigenvalue weighted by molar-refractivity contribution is -1.23. The predicted molar refractivity (Wildman–Crippen MR) is 214 cm³/mol. The standard InChI is InChI=1S/C44H89N2O2/c1-4-6-8-10-12-14-16-18-20-22-24-26-28-30-32-34-36-38-43-47-46(3,42-40-41-45)48-44-39-37-35-33-31-29-27-25-23-21-19-17-15-13-11-9-7-5-2/h18-21H,4-17,22-45H2,1-3H3/q+1/b20-18-,21-19-. The van der Waals surface area contributed by atoms with E-state index in [1.807, 2.05) is 0 Å². The molecule has 0 heterocycles. The van der Waals surface area contributed by atoms with Crippen molar-refractivity contribution in [2.45, 2.75) is 226 Å². The van der Waals surface area contributed by atoms with Gasteiger partial charge in [0.15, 0.2) is 0 Å². The second kappa shape index (κ2) is 40.7. The molecule has 0 radical (unpaired) electrons. The maximum absolute atomic E-state index is 6.25. The van der Waals surface area contributed by atoms with E-state index in [4.69, 9.17) is 15.4 Å². The van der Waals surface area contributed by atoms with Gasteiger partial charge in [-0.1, -0.05) is 179 Å². The van der Waals surface area contributed by atoms with E-state index in [-0.39, 0.29) is 4.81 Å². The van der Waals surface area contributed by atoms with Crippen molar-refractivity contribution >= 4 is 0 Å². The average molecular weight is 678 g/mol. The predicted octanol–water partition coefficient (Wildman–Crippen LogP) is 14.3. The maximum atomic E-state index is 6.25. The van der Waals surface area contributed by atoms with E-state index in [2.05, 4.69) is 45.2 Å². The number of quaternary nitrogens is 1. The van der Waals surface area contributed by atoms with Crippen molar-refractivity contribution in [3.05, 3.63) is 24.3 Å². The van der Waals surface area contributed by atoms with Gasteiger partial charge in [0.25, 0.3) is 0 Å². The number of nitrogens with zero attached hydrogens (tertiary/aromatic N) is 1. The number of rotatable bonds is 41. The van der Waals surface area contributed by atoms with Crippen LogP contribution in [-0.2, 0) is 9.68 Å². The van der Waals surface area contributed by atoms with Gasteiger partial charge in [-0.25, -0.2) is 0 Å². The van der Waals surface area contributed by atoms with Crippen LogP contribution in [0.5, 0.6) is 0 Å². The molecule has 0 spiro atoms. The fourth-order valence-electron chi connectivity index (χ4n) is 6.47. The van der Waals surface area contributed by atoms with Crippen molar-refractivity contribution in [2.75, 3.05) is 33.4 Å². The quantitative estimate of drug-likeness (QED) is 0.0303. The number of hydroxylamine groups is 4. The lowest BCUT2D eigenvalue weighted by atomic mass is 10.1. The molecule has 0 aromatic heterocycles. The topological polar surface area (TPSA) is 44.5 Å². The number of allylic oxidation sites excluding steroid dienone is 4. The fraction of sp³-hybridized carbons (Fsp3) is 0.909. The highest BCUT2D eigenvalue weighted by atomic mass is 17.0. The Balaban J connectivity index is 3.61. The zero-order chi connectivity index (χ0) is 34.9. The molecule has 2 N–H and O–H groups in total. The third-order valence-corrected chi connectivity index (χ3v) is 9.81. The highest BCUT2D eigenvalue weighted by Crippen LogP contribution is 2.15. The summed E-state index contributed by atoms with van der Waals surface area (Å²) < 4.78 is 0. The Bertz CT molecular complexity index is 602. The Morgan fingerprint density at radius 3 is 0.938 bits per heavy atom. The molecule has 0 atom stereocenters. The summed E-state index contributed by atoms with van der Waals surface area (Å²) in [5.41, 5.74) is 5.81. The molecule has 0 aromatic rings. The van der Waals surface area contributed by atoms with Gasteiger partial charge < -0.3 is 5.73 Å². The van der Waals surface area contributed by atoms with E-state index in [1.165, 1.54) is 193 Å². The van der Waals surface area contributed by atoms with Crippen LogP contribution in [0, 0.1) is 0 Å². The summed E-state index contributed by atoms with van der Waals surface area (Å²) in [7, 11) is 2.07. The van der Waals surface area contributed by atoms with Crippen LogP contribution in [0.2, 0.25) is 0 Å². The monoisotopic (exact) mass is 678 g/mol. The number of hydrogen-bond donors (Lipinski definition) is 1. The molecule has 0 amide bonds. The molecular formula is C44H89N2O2+. The van der Waals surface area contributed by atoms with E-state index in [9.17, 15) is 0 Å². The fourth-order valence-corrected chi connectivity index (χ4v) is 6.47. The molecule has 0 aliphatic rings. The minimum atomic E-state index is 0.262. The van der Waals surface area contributed by atoms with Crippen molar-refractivity contribution in [2.24, 2.45) is 5.73 Å². The maximum Gasteiger partial charge on any atom is 0.143 e. The van der Waals surface area contributed by atoms with Gasteiger partial charge in [0.05, 0.1) is 0 Å². The minimum absolute atomic E-state index is 0.262. The van der Waals surface area contributed by atoms with Gasteiger partial charge in [0.1, 0.15) is 26.8 Å². The van der Waals surface area contributed by atoms with Crippen molar-refractivity contribution in [3.63, 3.8) is 0 Å². The molecule has 0 fully saturated rings. The van der Waals surface area contributed by atoms with Crippen LogP contribution < -0.4 is 5.73 Å². The van der Waals surface area contributed by atoms with E-state index >= 15 is 0 Å². The summed E-state index contributed by atoms with van der Waals surface area (Å²) in [6.07, 6.45) is 53.7. The van der Waals surface area contributed by atoms with Gasteiger partial charge in [0, 0.05) is 6.42 Å². The first-order chi connectivity index (χ1) is 23.7. The van der Waals surface area contributed by atoms with Gasteiger partial charge in [-0.05, 0) is 75.6 Å². The van der Waals surface area contributed by atoms with Gasteiger partial charge in [-0.15, -0.1) is 0 Å². The Hall–Kier alpha value is -0.680. The summed E-state index contributed by atoms with van der Waals surface area (Å²) in [4.78, 5) is 12.8. The second-order valence-electron chi connectivity index (χ2n) is 14.8. The van der Waals surface area contributed by atoms with Crippen molar-refractivity contribution in [3.8, 4) is 0 Å². The molecule has 0 saturated carbocycles. The third kappa shape index (κ3) is 38.1. The van der Waals surface area contributed by atoms with E-state index in [1.54, 1.807) is 0 Å². The van der Waals surface area contributed by atoms with Crippen LogP contribution in [0.3, 0.4) is 0 Å². The highest BCUT2D eigenvalue weighted by Gasteiger charge is 2.25. The Labute approximate surface area is 302 Å². The van der Waals surface area contributed by atoms with Crippen LogP contribution in [0.15, 0.2) is 24.3 Å². The van der Waals surface area contributed by atoms with Crippen LogP contribution >= 0.6 is 0 Å². The number of hydrogen-bond acceptors (Lipinski definition) is 3. The third-order valence-electron chi connectivity index (χ3n) is 9.81. The lowest BCUT2D eigenvalue weighted by Crippen LogP contribution is -2.45. The zero-order valence-corrected chi connectivity index (χ0v) is 33.3. The van der Waals surface area contributed by atoms with E-state index in [0.29, 0.717) is 6.54 Å². The smallest absolute Gasteiger partial charge is 0.143 e. The van der Waals surface area contributed by atoms with E-state index < -0.39 is 0 Å². The first kappa shape index (κ1) is 47.3. The first-order valence-electron chi connectivity index (χ1n) is 21.8. The molecule has 0 bridgehead atoms. The Kier molecular flexibility index (Phi) is 40.2. The average Bonchev–Trinajstić information content (AvgIpc) is 3.09. The first-order valence-corrected chi connectivity index (χ1v) is 21.8. The lowest BCUT2D eigenvalue weighted by Gasteiger charge is -2.28. The van der Waals surface area contributed by atoms with Gasteiger partial charge in [-0.3, -0.25) is 0 Å². The molecule has 0 aromatic carbocycles. The minimum Gasteiger partial charge on any atom is -0.330 e. The molecule has 0 aliphatic carbocycles. The van der Waals surface area contributed by atoms with Gasteiger partial charge >= 0.3 is 0 Å². The van der Waals surface area contributed by atoms with Crippen LogP contribution in [0.25, 0.3) is 0 Å². The SMILES string of the molecule is CCCCCCCC/C=C\CCCCCCCCCCO[N+](C)(CCCN)OCCCCCCCCCC/C=C\CCCCCCCC. The van der Waals surface area contributed by atoms with Crippen LogP contribution in [-0.4, -0.2) is 38.2 Å². The largest absolute Gasteiger partial charge is 0.330 e. The molecule has 0 unspecified atom stereocenters. The molecule has 4 heteroatoms. The van der Waals surface area contributed by atoms with Crippen molar-refractivity contribution in [1.29, 1.82) is 0 Å². The zero-order valence-electron chi connectivity index (χ0n) is 33.3. The normalized spacial score (nSPS) is 12.3. The molecule has 4 nitrogen and oxygen atoms in total. The summed E-state index contributed by atoms with van der Waals surface area (Å²) >= 11 is 0. The Morgan fingerprint density at radius 1 is 0.375 bits per heavy atom. The summed E-state index contributed by atoms with van der Waals surface area (Å²) in [6, 6.07) is 0.